The van der Waals surface area contributed by atoms with Crippen molar-refractivity contribution in [2.24, 2.45) is 0 Å². The molecule has 0 amide bonds. The van der Waals surface area contributed by atoms with E-state index in [1.54, 1.807) is 7.05 Å². The summed E-state index contributed by atoms with van der Waals surface area (Å²) in [5.41, 5.74) is 0.954. The number of hydrogen-bond donors (Lipinski definition) is 1. The minimum atomic E-state index is -3.55. The van der Waals surface area contributed by atoms with Gasteiger partial charge < -0.3 is 0 Å². The van der Waals surface area contributed by atoms with Gasteiger partial charge in [-0.15, -0.1) is 10.2 Å². The molecule has 7 nitrogen and oxygen atoms in total. The van der Waals surface area contributed by atoms with E-state index < -0.39 is 10.2 Å². The molecule has 1 aliphatic carbocycles. The molecule has 24 heavy (non-hydrogen) atoms. The third kappa shape index (κ3) is 3.50. The molecule has 0 spiro atoms. The van der Waals surface area contributed by atoms with Gasteiger partial charge in [-0.3, -0.25) is 4.57 Å². The van der Waals surface area contributed by atoms with E-state index in [0.29, 0.717) is 11.7 Å². The topological polar surface area (TPSA) is 80.1 Å². The number of nitrogens with one attached hydrogen (secondary N) is 1. The fraction of sp³-hybridized carbons (Fsp3) is 0.500. The van der Waals surface area contributed by atoms with E-state index in [0.717, 1.165) is 24.4 Å². The molecular weight excluding hydrogens is 326 g/mol. The van der Waals surface area contributed by atoms with Crippen molar-refractivity contribution < 1.29 is 8.42 Å². The Morgan fingerprint density at radius 1 is 1.25 bits per heavy atom. The largest absolute Gasteiger partial charge is 0.282 e. The van der Waals surface area contributed by atoms with Crippen LogP contribution in [0.3, 0.4) is 0 Å². The molecular formula is C16H23N5O2S. The first-order valence-corrected chi connectivity index (χ1v) is 9.56. The third-order valence-electron chi connectivity index (χ3n) is 4.23. The summed E-state index contributed by atoms with van der Waals surface area (Å²) in [5, 5.41) is 8.53. The van der Waals surface area contributed by atoms with E-state index >= 15 is 0 Å². The lowest BCUT2D eigenvalue weighted by molar-refractivity contribution is 0.401. The molecule has 1 fully saturated rings. The highest BCUT2D eigenvalue weighted by Crippen LogP contribution is 2.40. The van der Waals surface area contributed by atoms with Crippen LogP contribution in [0.1, 0.15) is 44.3 Å². The molecule has 0 atom stereocenters. The van der Waals surface area contributed by atoms with Gasteiger partial charge in [0.15, 0.2) is 5.82 Å². The van der Waals surface area contributed by atoms with E-state index in [-0.39, 0.29) is 12.6 Å². The lowest BCUT2D eigenvalue weighted by Gasteiger charge is -2.21. The van der Waals surface area contributed by atoms with E-state index in [1.807, 2.05) is 48.7 Å². The van der Waals surface area contributed by atoms with Crippen molar-refractivity contribution >= 4 is 10.2 Å². The first kappa shape index (κ1) is 17.1. The average Bonchev–Trinajstić information content (AvgIpc) is 3.32. The van der Waals surface area contributed by atoms with Crippen LogP contribution in [0.25, 0.3) is 5.69 Å². The van der Waals surface area contributed by atoms with E-state index in [2.05, 4.69) is 14.9 Å². The monoisotopic (exact) mass is 349 g/mol. The molecule has 0 unspecified atom stereocenters. The Bertz CT molecular complexity index is 797. The van der Waals surface area contributed by atoms with Crippen LogP contribution in [0.2, 0.25) is 0 Å². The maximum absolute atomic E-state index is 12.3. The number of rotatable bonds is 7. The average molecular weight is 349 g/mol. The van der Waals surface area contributed by atoms with Gasteiger partial charge in [0.2, 0.25) is 0 Å². The predicted molar refractivity (Wildman–Crippen MR) is 92.0 cm³/mol. The Morgan fingerprint density at radius 3 is 2.50 bits per heavy atom. The van der Waals surface area contributed by atoms with Gasteiger partial charge in [0.25, 0.3) is 10.2 Å². The van der Waals surface area contributed by atoms with Crippen molar-refractivity contribution in [3.05, 3.63) is 42.0 Å². The molecule has 1 aliphatic rings. The molecule has 0 bridgehead atoms. The fourth-order valence-corrected chi connectivity index (χ4v) is 3.51. The van der Waals surface area contributed by atoms with Crippen LogP contribution in [0.15, 0.2) is 30.3 Å². The lowest BCUT2D eigenvalue weighted by atomic mass is 10.3. The summed E-state index contributed by atoms with van der Waals surface area (Å²) in [6, 6.07) is 9.70. The summed E-state index contributed by atoms with van der Waals surface area (Å²) >= 11 is 0. The summed E-state index contributed by atoms with van der Waals surface area (Å²) in [6.07, 6.45) is 2.21. The zero-order chi connectivity index (χ0) is 17.3. The molecule has 1 aromatic carbocycles. The molecule has 0 radical (unpaired) electrons. The van der Waals surface area contributed by atoms with E-state index in [4.69, 9.17) is 0 Å². The molecule has 1 N–H and O–H groups in total. The van der Waals surface area contributed by atoms with Crippen LogP contribution in [0.5, 0.6) is 0 Å². The van der Waals surface area contributed by atoms with Crippen molar-refractivity contribution in [2.45, 2.75) is 45.2 Å². The van der Waals surface area contributed by atoms with Gasteiger partial charge in [0.1, 0.15) is 5.82 Å². The van der Waals surface area contributed by atoms with E-state index in [1.165, 1.54) is 4.31 Å². The normalized spacial score (nSPS) is 15.4. The number of benzene rings is 1. The summed E-state index contributed by atoms with van der Waals surface area (Å²) in [6.45, 7) is 3.77. The Morgan fingerprint density at radius 2 is 1.92 bits per heavy atom. The zero-order valence-corrected chi connectivity index (χ0v) is 15.0. The van der Waals surface area contributed by atoms with Gasteiger partial charge in [0, 0.05) is 24.7 Å². The first-order valence-electron chi connectivity index (χ1n) is 8.12. The summed E-state index contributed by atoms with van der Waals surface area (Å²) in [5.74, 6) is 1.93. The van der Waals surface area contributed by atoms with Crippen LogP contribution in [-0.2, 0) is 16.8 Å². The van der Waals surface area contributed by atoms with Gasteiger partial charge in [-0.25, -0.2) is 0 Å². The minimum Gasteiger partial charge on any atom is -0.282 e. The Labute approximate surface area is 142 Å². The Kier molecular flexibility index (Phi) is 4.71. The van der Waals surface area contributed by atoms with Crippen molar-refractivity contribution in [1.29, 1.82) is 0 Å². The van der Waals surface area contributed by atoms with Crippen molar-refractivity contribution in [3.63, 3.8) is 0 Å². The van der Waals surface area contributed by atoms with Gasteiger partial charge in [-0.2, -0.15) is 17.4 Å². The Hall–Kier alpha value is -1.77. The van der Waals surface area contributed by atoms with Gasteiger partial charge in [-0.05, 0) is 38.8 Å². The summed E-state index contributed by atoms with van der Waals surface area (Å²) in [4.78, 5) is 0. The number of hydrogen-bond acceptors (Lipinski definition) is 4. The first-order chi connectivity index (χ1) is 11.4. The highest BCUT2D eigenvalue weighted by molar-refractivity contribution is 7.87. The highest BCUT2D eigenvalue weighted by atomic mass is 32.2. The van der Waals surface area contributed by atoms with Gasteiger partial charge in [0.05, 0.1) is 6.54 Å². The second-order valence-electron chi connectivity index (χ2n) is 6.36. The molecule has 2 aromatic rings. The molecule has 0 aliphatic heterocycles. The molecule has 130 valence electrons. The maximum atomic E-state index is 12.3. The molecule has 3 rings (SSSR count). The zero-order valence-electron chi connectivity index (χ0n) is 14.2. The summed E-state index contributed by atoms with van der Waals surface area (Å²) < 4.78 is 30.5. The van der Waals surface area contributed by atoms with Crippen molar-refractivity contribution in [3.8, 4) is 5.69 Å². The van der Waals surface area contributed by atoms with Gasteiger partial charge in [-0.1, -0.05) is 18.2 Å². The van der Waals surface area contributed by atoms with Crippen LogP contribution in [-0.4, -0.2) is 40.6 Å². The van der Waals surface area contributed by atoms with Crippen LogP contribution < -0.4 is 4.72 Å². The summed E-state index contributed by atoms with van der Waals surface area (Å²) in [7, 11) is -1.99. The second kappa shape index (κ2) is 6.62. The van der Waals surface area contributed by atoms with Crippen molar-refractivity contribution in [2.75, 3.05) is 7.05 Å². The van der Waals surface area contributed by atoms with Crippen LogP contribution in [0.4, 0.5) is 0 Å². The number of nitrogens with zero attached hydrogens (tertiary/aromatic N) is 4. The molecule has 1 saturated carbocycles. The number of aromatic nitrogens is 3. The molecule has 0 saturated heterocycles. The van der Waals surface area contributed by atoms with Gasteiger partial charge >= 0.3 is 0 Å². The quantitative estimate of drug-likeness (QED) is 0.827. The minimum absolute atomic E-state index is 0.105. The standard InChI is InChI=1S/C16H23N5O2S/c1-12(2)20(3)24(22,23)17-11-15-18-19-16(13-9-10-13)21(15)14-7-5-4-6-8-14/h4-8,12-13,17H,9-11H2,1-3H3. The fourth-order valence-electron chi connectivity index (χ4n) is 2.44. The van der Waals surface area contributed by atoms with Crippen LogP contribution in [0, 0.1) is 0 Å². The predicted octanol–water partition coefficient (Wildman–Crippen LogP) is 1.82. The third-order valence-corrected chi connectivity index (χ3v) is 5.92. The smallest absolute Gasteiger partial charge is 0.279 e. The Balaban J connectivity index is 1.87. The molecule has 1 heterocycles. The SMILES string of the molecule is CC(C)N(C)S(=O)(=O)NCc1nnc(C2CC2)n1-c1ccccc1. The molecule has 8 heteroatoms. The van der Waals surface area contributed by atoms with Crippen molar-refractivity contribution in [1.82, 2.24) is 23.8 Å². The number of para-hydroxylation sites is 1. The highest BCUT2D eigenvalue weighted by Gasteiger charge is 2.31. The van der Waals surface area contributed by atoms with Crippen LogP contribution >= 0.6 is 0 Å². The maximum Gasteiger partial charge on any atom is 0.279 e. The molecule has 1 aromatic heterocycles. The lowest BCUT2D eigenvalue weighted by Crippen LogP contribution is -2.41. The second-order valence-corrected chi connectivity index (χ2v) is 8.17. The van der Waals surface area contributed by atoms with E-state index in [9.17, 15) is 8.42 Å².